The molecule has 0 saturated heterocycles. The Hall–Kier alpha value is -1.66. The van der Waals surface area contributed by atoms with Crippen molar-refractivity contribution in [2.75, 3.05) is 13.2 Å². The number of amides is 1. The molecule has 2 unspecified atom stereocenters. The van der Waals surface area contributed by atoms with Gasteiger partial charge in [-0.3, -0.25) is 9.59 Å². The SMILES string of the molecule is CCCCCCCCCCCCCCCCCCC/C=C/C(O)C(CO)NC(=O)CCCCCCCCC/C=C\CCCCCCCCCCCOC(=O)CCCCCCCCCCCCCCCCCC. The van der Waals surface area contributed by atoms with Crippen LogP contribution < -0.4 is 5.32 Å². The summed E-state index contributed by atoms with van der Waals surface area (Å²) in [6, 6.07) is -0.635. The van der Waals surface area contributed by atoms with Crippen molar-refractivity contribution >= 4 is 11.9 Å². The van der Waals surface area contributed by atoms with E-state index in [-0.39, 0.29) is 18.5 Å². The monoisotopic (exact) mass is 1010 g/mol. The van der Waals surface area contributed by atoms with Crippen molar-refractivity contribution in [2.45, 2.75) is 373 Å². The van der Waals surface area contributed by atoms with Gasteiger partial charge in [-0.05, 0) is 57.8 Å². The summed E-state index contributed by atoms with van der Waals surface area (Å²) in [6.45, 7) is 4.93. The Labute approximate surface area is 450 Å². The molecule has 3 N–H and O–H groups in total. The number of rotatable bonds is 61. The highest BCUT2D eigenvalue weighted by Crippen LogP contribution is 2.18. The summed E-state index contributed by atoms with van der Waals surface area (Å²) in [5.41, 5.74) is 0. The van der Waals surface area contributed by atoms with Gasteiger partial charge in [0.1, 0.15) is 0 Å². The number of esters is 1. The van der Waals surface area contributed by atoms with Gasteiger partial charge < -0.3 is 20.3 Å². The van der Waals surface area contributed by atoms with Crippen LogP contribution in [0.3, 0.4) is 0 Å². The van der Waals surface area contributed by atoms with Gasteiger partial charge in [0.15, 0.2) is 0 Å². The second kappa shape index (κ2) is 61.9. The zero-order valence-corrected chi connectivity index (χ0v) is 48.7. The van der Waals surface area contributed by atoms with Crippen molar-refractivity contribution in [3.8, 4) is 0 Å². The highest BCUT2D eigenvalue weighted by atomic mass is 16.5. The molecule has 0 aliphatic heterocycles. The first-order valence-corrected chi connectivity index (χ1v) is 32.6. The van der Waals surface area contributed by atoms with Crippen LogP contribution in [0.4, 0.5) is 0 Å². The molecule has 0 radical (unpaired) electrons. The van der Waals surface area contributed by atoms with Gasteiger partial charge in [-0.2, -0.15) is 0 Å². The van der Waals surface area contributed by atoms with Gasteiger partial charge in [-0.15, -0.1) is 0 Å². The maximum absolute atomic E-state index is 12.5. The largest absolute Gasteiger partial charge is 0.466 e. The fraction of sp³-hybridized carbons (Fsp3) is 0.909. The van der Waals surface area contributed by atoms with Crippen LogP contribution in [0.1, 0.15) is 361 Å². The van der Waals surface area contributed by atoms with Gasteiger partial charge in [0.05, 0.1) is 25.4 Å². The standard InChI is InChI=1S/C66H127NO5/c1-3-5-7-9-11-13-15-17-19-21-24-27-30-34-38-42-46-50-54-58-64(69)63(62-68)67-65(70)59-55-51-47-43-39-35-31-28-25-22-23-26-29-33-37-41-45-49-53-57-61-72-66(71)60-56-52-48-44-40-36-32-20-18-16-14-12-10-8-6-4-2/h22,25,54,58,63-64,68-69H,3-21,23-24,26-53,55-57,59-62H2,1-2H3,(H,67,70)/b25-22-,58-54+. The summed E-state index contributed by atoms with van der Waals surface area (Å²) in [7, 11) is 0. The molecule has 0 saturated carbocycles. The van der Waals surface area contributed by atoms with E-state index in [9.17, 15) is 19.8 Å². The molecule has 0 heterocycles. The number of allylic oxidation sites excluding steroid dienone is 3. The van der Waals surface area contributed by atoms with Gasteiger partial charge in [0, 0.05) is 12.8 Å². The maximum atomic E-state index is 12.5. The summed E-state index contributed by atoms with van der Waals surface area (Å²) in [6.07, 6.45) is 76.5. The number of aliphatic hydroxyl groups is 2. The van der Waals surface area contributed by atoms with Gasteiger partial charge in [-0.1, -0.05) is 314 Å². The summed E-state index contributed by atoms with van der Waals surface area (Å²) >= 11 is 0. The molecule has 6 nitrogen and oxygen atoms in total. The first-order valence-electron chi connectivity index (χ1n) is 32.6. The second-order valence-electron chi connectivity index (χ2n) is 22.5. The number of hydrogen-bond donors (Lipinski definition) is 3. The van der Waals surface area contributed by atoms with Crippen LogP contribution in [-0.2, 0) is 14.3 Å². The topological polar surface area (TPSA) is 95.9 Å². The van der Waals surface area contributed by atoms with Crippen molar-refractivity contribution in [1.82, 2.24) is 5.32 Å². The number of unbranched alkanes of at least 4 members (excludes halogenated alkanes) is 48. The molecule has 426 valence electrons. The van der Waals surface area contributed by atoms with Crippen LogP contribution in [0.2, 0.25) is 0 Å². The molecule has 1 amide bonds. The minimum absolute atomic E-state index is 0.00960. The van der Waals surface area contributed by atoms with Crippen molar-refractivity contribution in [3.63, 3.8) is 0 Å². The summed E-state index contributed by atoms with van der Waals surface area (Å²) in [5, 5.41) is 23.2. The highest BCUT2D eigenvalue weighted by molar-refractivity contribution is 5.76. The third kappa shape index (κ3) is 57.6. The molecule has 0 spiro atoms. The van der Waals surface area contributed by atoms with Crippen LogP contribution in [0.15, 0.2) is 24.3 Å². The van der Waals surface area contributed by atoms with Gasteiger partial charge in [0.2, 0.25) is 5.91 Å². The molecule has 6 heteroatoms. The molecule has 0 aromatic carbocycles. The smallest absolute Gasteiger partial charge is 0.305 e. The Morgan fingerprint density at radius 3 is 0.986 bits per heavy atom. The molecule has 0 fully saturated rings. The predicted octanol–water partition coefficient (Wildman–Crippen LogP) is 20.6. The molecule has 0 aliphatic carbocycles. The molecule has 0 aromatic heterocycles. The first kappa shape index (κ1) is 70.3. The Bertz CT molecular complexity index is 1120. The van der Waals surface area contributed by atoms with E-state index in [1.807, 2.05) is 6.08 Å². The maximum Gasteiger partial charge on any atom is 0.305 e. The van der Waals surface area contributed by atoms with E-state index < -0.39 is 12.1 Å². The van der Waals surface area contributed by atoms with E-state index >= 15 is 0 Å². The normalized spacial score (nSPS) is 12.7. The lowest BCUT2D eigenvalue weighted by Crippen LogP contribution is -2.45. The molecule has 72 heavy (non-hydrogen) atoms. The fourth-order valence-electron chi connectivity index (χ4n) is 10.2. The van der Waals surface area contributed by atoms with E-state index in [0.29, 0.717) is 19.4 Å². The van der Waals surface area contributed by atoms with Crippen LogP contribution >= 0.6 is 0 Å². The van der Waals surface area contributed by atoms with E-state index in [0.717, 1.165) is 44.9 Å². The fourth-order valence-corrected chi connectivity index (χ4v) is 10.2. The molecule has 0 rings (SSSR count). The van der Waals surface area contributed by atoms with Crippen LogP contribution in [0.25, 0.3) is 0 Å². The highest BCUT2D eigenvalue weighted by Gasteiger charge is 2.18. The van der Waals surface area contributed by atoms with Gasteiger partial charge in [-0.25, -0.2) is 0 Å². The molecule has 0 aliphatic rings. The second-order valence-corrected chi connectivity index (χ2v) is 22.5. The molecule has 0 bridgehead atoms. The third-order valence-electron chi connectivity index (χ3n) is 15.2. The number of aliphatic hydroxyl groups excluding tert-OH is 2. The average Bonchev–Trinajstić information content (AvgIpc) is 3.38. The first-order chi connectivity index (χ1) is 35.5. The Balaban J connectivity index is 3.44. The minimum atomic E-state index is -0.850. The lowest BCUT2D eigenvalue weighted by molar-refractivity contribution is -0.143. The van der Waals surface area contributed by atoms with E-state index in [1.54, 1.807) is 6.08 Å². The lowest BCUT2D eigenvalue weighted by atomic mass is 10.0. The Morgan fingerprint density at radius 1 is 0.375 bits per heavy atom. The minimum Gasteiger partial charge on any atom is -0.466 e. The Morgan fingerprint density at radius 2 is 0.653 bits per heavy atom. The number of nitrogens with one attached hydrogen (secondary N) is 1. The van der Waals surface area contributed by atoms with Crippen LogP contribution in [0.5, 0.6) is 0 Å². The van der Waals surface area contributed by atoms with E-state index in [4.69, 9.17) is 4.74 Å². The number of carbonyl (C=O) groups excluding carboxylic acids is 2. The van der Waals surface area contributed by atoms with Crippen LogP contribution in [0, 0.1) is 0 Å². The lowest BCUT2D eigenvalue weighted by Gasteiger charge is -2.20. The quantitative estimate of drug-likeness (QED) is 0.0320. The van der Waals surface area contributed by atoms with Crippen molar-refractivity contribution in [1.29, 1.82) is 0 Å². The van der Waals surface area contributed by atoms with Crippen molar-refractivity contribution < 1.29 is 24.5 Å². The van der Waals surface area contributed by atoms with Crippen molar-refractivity contribution in [2.24, 2.45) is 0 Å². The zero-order chi connectivity index (χ0) is 52.2. The van der Waals surface area contributed by atoms with E-state index in [2.05, 4.69) is 31.3 Å². The summed E-state index contributed by atoms with van der Waals surface area (Å²) in [5.74, 6) is -0.0640. The van der Waals surface area contributed by atoms with Crippen molar-refractivity contribution in [3.05, 3.63) is 24.3 Å². The zero-order valence-electron chi connectivity index (χ0n) is 48.7. The molecular weight excluding hydrogens is 887 g/mol. The molecule has 2 atom stereocenters. The van der Waals surface area contributed by atoms with Gasteiger partial charge >= 0.3 is 5.97 Å². The number of carbonyl (C=O) groups is 2. The molecule has 0 aromatic rings. The van der Waals surface area contributed by atoms with E-state index in [1.165, 1.54) is 289 Å². The summed E-state index contributed by atoms with van der Waals surface area (Å²) in [4.78, 5) is 24.6. The average molecular weight is 1010 g/mol. The number of ether oxygens (including phenoxy) is 1. The Kier molecular flexibility index (Phi) is 60.5. The molecular formula is C66H127NO5. The van der Waals surface area contributed by atoms with Gasteiger partial charge in [0.25, 0.3) is 0 Å². The third-order valence-corrected chi connectivity index (χ3v) is 15.2. The number of hydrogen-bond acceptors (Lipinski definition) is 5. The van der Waals surface area contributed by atoms with Crippen LogP contribution in [-0.4, -0.2) is 47.4 Å². The predicted molar refractivity (Wildman–Crippen MR) is 315 cm³/mol. The summed E-state index contributed by atoms with van der Waals surface area (Å²) < 4.78 is 5.49.